The van der Waals surface area contributed by atoms with Crippen molar-refractivity contribution in [2.24, 2.45) is 0 Å². The van der Waals surface area contributed by atoms with Gasteiger partial charge in [0, 0.05) is 38.9 Å². The number of aromatic nitrogens is 2. The Balaban J connectivity index is 1.21. The molecule has 178 valence electrons. The first-order valence-corrected chi connectivity index (χ1v) is 11.7. The van der Waals surface area contributed by atoms with E-state index in [2.05, 4.69) is 22.5 Å². The van der Waals surface area contributed by atoms with E-state index in [-0.39, 0.29) is 17.8 Å². The third-order valence-electron chi connectivity index (χ3n) is 6.68. The molecule has 3 aromatic rings. The maximum Gasteiger partial charge on any atom is 0.317 e. The molecule has 34 heavy (non-hydrogen) atoms. The Bertz CT molecular complexity index is 1170. The molecule has 0 bridgehead atoms. The van der Waals surface area contributed by atoms with Crippen LogP contribution in [0.5, 0.6) is 0 Å². The van der Waals surface area contributed by atoms with E-state index < -0.39 is 0 Å². The number of rotatable bonds is 4. The number of morpholine rings is 1. The lowest BCUT2D eigenvalue weighted by Gasteiger charge is -2.32. The number of benzene rings is 1. The number of carbonyl (C=O) groups excluding carboxylic acids is 2. The van der Waals surface area contributed by atoms with E-state index in [4.69, 9.17) is 4.74 Å². The van der Waals surface area contributed by atoms with Crippen LogP contribution in [-0.4, -0.2) is 70.7 Å². The van der Waals surface area contributed by atoms with Crippen molar-refractivity contribution in [2.75, 3.05) is 39.4 Å². The third-order valence-corrected chi connectivity index (χ3v) is 6.68. The summed E-state index contributed by atoms with van der Waals surface area (Å²) in [5.74, 6) is 0.0133. The molecule has 2 saturated heterocycles. The molecule has 3 amide bonds. The van der Waals surface area contributed by atoms with E-state index in [1.807, 2.05) is 16.0 Å². The molecule has 2 aromatic heterocycles. The monoisotopic (exact) mass is 465 g/mol. The van der Waals surface area contributed by atoms with Gasteiger partial charge in [0.1, 0.15) is 5.82 Å². The summed E-state index contributed by atoms with van der Waals surface area (Å²) in [5, 5.41) is 7.28. The highest BCUT2D eigenvalue weighted by Crippen LogP contribution is 2.29. The number of hydrogen-bond acceptors (Lipinski definition) is 4. The number of urea groups is 1. The van der Waals surface area contributed by atoms with E-state index in [1.54, 1.807) is 22.8 Å². The SMILES string of the molecule is O=C(NCc1ccc(F)cc1)N1CCC(c2ccn3ncc(C(=O)N4CCOCC4)c3c2)CC1. The van der Waals surface area contributed by atoms with Crippen molar-refractivity contribution >= 4 is 17.5 Å². The summed E-state index contributed by atoms with van der Waals surface area (Å²) in [6.45, 7) is 4.00. The summed E-state index contributed by atoms with van der Waals surface area (Å²) in [4.78, 5) is 29.2. The van der Waals surface area contributed by atoms with Crippen molar-refractivity contribution in [1.82, 2.24) is 24.7 Å². The van der Waals surface area contributed by atoms with E-state index >= 15 is 0 Å². The Kier molecular flexibility index (Phi) is 6.44. The average Bonchev–Trinajstić information content (AvgIpc) is 3.31. The predicted octanol–water partition coefficient (Wildman–Crippen LogP) is 3.04. The molecule has 1 aromatic carbocycles. The molecule has 5 rings (SSSR count). The van der Waals surface area contributed by atoms with Gasteiger partial charge in [-0.15, -0.1) is 0 Å². The predicted molar refractivity (Wildman–Crippen MR) is 124 cm³/mol. The van der Waals surface area contributed by atoms with Gasteiger partial charge in [-0.25, -0.2) is 13.7 Å². The van der Waals surface area contributed by atoms with Crippen LogP contribution in [0.25, 0.3) is 5.52 Å². The van der Waals surface area contributed by atoms with Gasteiger partial charge in [-0.3, -0.25) is 4.79 Å². The van der Waals surface area contributed by atoms with Gasteiger partial charge in [-0.2, -0.15) is 5.10 Å². The second kappa shape index (κ2) is 9.80. The van der Waals surface area contributed by atoms with E-state index in [0.717, 1.165) is 29.5 Å². The zero-order valence-corrected chi connectivity index (χ0v) is 19.0. The van der Waals surface area contributed by atoms with Gasteiger partial charge in [-0.05, 0) is 54.2 Å². The molecule has 0 unspecified atom stereocenters. The van der Waals surface area contributed by atoms with Gasteiger partial charge in [0.05, 0.1) is 30.5 Å². The van der Waals surface area contributed by atoms with Crippen molar-refractivity contribution in [2.45, 2.75) is 25.3 Å². The molecule has 2 aliphatic heterocycles. The third kappa shape index (κ3) is 4.75. The molecule has 4 heterocycles. The highest BCUT2D eigenvalue weighted by atomic mass is 19.1. The van der Waals surface area contributed by atoms with Crippen molar-refractivity contribution in [1.29, 1.82) is 0 Å². The lowest BCUT2D eigenvalue weighted by atomic mass is 9.89. The van der Waals surface area contributed by atoms with Crippen LogP contribution in [0.3, 0.4) is 0 Å². The molecule has 2 aliphatic rings. The van der Waals surface area contributed by atoms with E-state index in [1.165, 1.54) is 12.1 Å². The smallest absolute Gasteiger partial charge is 0.317 e. The van der Waals surface area contributed by atoms with Crippen LogP contribution in [0.1, 0.15) is 40.2 Å². The normalized spacial score (nSPS) is 17.2. The number of fused-ring (bicyclic) bond motifs is 1. The molecule has 8 nitrogen and oxygen atoms in total. The molecule has 0 spiro atoms. The van der Waals surface area contributed by atoms with Crippen molar-refractivity contribution in [3.05, 3.63) is 71.3 Å². The number of nitrogens with zero attached hydrogens (tertiary/aromatic N) is 4. The van der Waals surface area contributed by atoms with E-state index in [9.17, 15) is 14.0 Å². The fourth-order valence-corrected chi connectivity index (χ4v) is 4.66. The van der Waals surface area contributed by atoms with Gasteiger partial charge < -0.3 is 19.9 Å². The van der Waals surface area contributed by atoms with Crippen LogP contribution >= 0.6 is 0 Å². The second-order valence-corrected chi connectivity index (χ2v) is 8.80. The fourth-order valence-electron chi connectivity index (χ4n) is 4.66. The summed E-state index contributed by atoms with van der Waals surface area (Å²) in [6.07, 6.45) is 5.25. The van der Waals surface area contributed by atoms with Gasteiger partial charge in [0.15, 0.2) is 0 Å². The van der Waals surface area contributed by atoms with E-state index in [0.29, 0.717) is 57.4 Å². The molecule has 0 aliphatic carbocycles. The highest BCUT2D eigenvalue weighted by Gasteiger charge is 2.26. The lowest BCUT2D eigenvalue weighted by molar-refractivity contribution is 0.0304. The van der Waals surface area contributed by atoms with Gasteiger partial charge in [-0.1, -0.05) is 12.1 Å². The standard InChI is InChI=1S/C25H28FN5O3/c26-21-3-1-18(2-4-21)16-27-25(33)30-8-5-19(6-9-30)20-7-10-31-23(15-20)22(17-28-31)24(32)29-11-13-34-14-12-29/h1-4,7,10,15,17,19H,5-6,8-9,11-14,16H2,(H,27,33). The Morgan fingerprint density at radius 2 is 1.76 bits per heavy atom. The number of nitrogens with one attached hydrogen (secondary N) is 1. The highest BCUT2D eigenvalue weighted by molar-refractivity contribution is 6.00. The summed E-state index contributed by atoms with van der Waals surface area (Å²) in [6, 6.07) is 10.1. The van der Waals surface area contributed by atoms with Crippen LogP contribution in [0.4, 0.5) is 9.18 Å². The minimum Gasteiger partial charge on any atom is -0.378 e. The molecular formula is C25H28FN5O3. The van der Waals surface area contributed by atoms with Crippen LogP contribution in [0, 0.1) is 5.82 Å². The number of halogens is 1. The largest absolute Gasteiger partial charge is 0.378 e. The zero-order valence-electron chi connectivity index (χ0n) is 19.0. The topological polar surface area (TPSA) is 79.2 Å². The molecule has 0 radical (unpaired) electrons. The van der Waals surface area contributed by atoms with Gasteiger partial charge in [0.25, 0.3) is 5.91 Å². The maximum absolute atomic E-state index is 13.0. The van der Waals surface area contributed by atoms with Crippen LogP contribution in [0.2, 0.25) is 0 Å². The van der Waals surface area contributed by atoms with Crippen LogP contribution < -0.4 is 5.32 Å². The summed E-state index contributed by atoms with van der Waals surface area (Å²) in [5.41, 5.74) is 3.45. The summed E-state index contributed by atoms with van der Waals surface area (Å²) >= 11 is 0. The Labute approximate surface area is 197 Å². The Hall–Kier alpha value is -3.46. The number of hydrogen-bond donors (Lipinski definition) is 1. The number of carbonyl (C=O) groups is 2. The first kappa shape index (κ1) is 22.3. The minimum atomic E-state index is -0.288. The number of pyridine rings is 1. The van der Waals surface area contributed by atoms with Gasteiger partial charge in [0.2, 0.25) is 0 Å². The van der Waals surface area contributed by atoms with Crippen molar-refractivity contribution in [3.63, 3.8) is 0 Å². The maximum atomic E-state index is 13.0. The van der Waals surface area contributed by atoms with Crippen molar-refractivity contribution in [3.8, 4) is 0 Å². The number of likely N-dealkylation sites (tertiary alicyclic amines) is 1. The average molecular weight is 466 g/mol. The molecule has 2 fully saturated rings. The first-order chi connectivity index (χ1) is 16.6. The molecule has 0 saturated carbocycles. The second-order valence-electron chi connectivity index (χ2n) is 8.80. The molecule has 0 atom stereocenters. The first-order valence-electron chi connectivity index (χ1n) is 11.7. The van der Waals surface area contributed by atoms with Crippen LogP contribution in [0.15, 0.2) is 48.8 Å². The Morgan fingerprint density at radius 1 is 1.03 bits per heavy atom. The summed E-state index contributed by atoms with van der Waals surface area (Å²) < 4.78 is 20.1. The number of amides is 3. The zero-order chi connectivity index (χ0) is 23.5. The van der Waals surface area contributed by atoms with Crippen LogP contribution in [-0.2, 0) is 11.3 Å². The lowest BCUT2D eigenvalue weighted by Crippen LogP contribution is -2.43. The molecule has 9 heteroatoms. The minimum absolute atomic E-state index is 0.0110. The molecular weight excluding hydrogens is 437 g/mol. The van der Waals surface area contributed by atoms with Gasteiger partial charge >= 0.3 is 6.03 Å². The Morgan fingerprint density at radius 3 is 2.50 bits per heavy atom. The number of piperidine rings is 1. The summed E-state index contributed by atoms with van der Waals surface area (Å²) in [7, 11) is 0. The molecule has 1 N–H and O–H groups in total. The fraction of sp³-hybridized carbons (Fsp3) is 0.400. The van der Waals surface area contributed by atoms with Crippen molar-refractivity contribution < 1.29 is 18.7 Å². The number of ether oxygens (including phenoxy) is 1. The quantitative estimate of drug-likeness (QED) is 0.643.